The zero-order valence-corrected chi connectivity index (χ0v) is 22.1. The molecule has 0 spiro atoms. The molecule has 0 amide bonds. The lowest BCUT2D eigenvalue weighted by atomic mass is 9.86. The molecule has 0 bridgehead atoms. The van der Waals surface area contributed by atoms with E-state index < -0.39 is 35.0 Å². The van der Waals surface area contributed by atoms with E-state index in [0.717, 1.165) is 12.1 Å². The van der Waals surface area contributed by atoms with Crippen molar-refractivity contribution < 1.29 is 27.1 Å². The van der Waals surface area contributed by atoms with Crippen LogP contribution in [0.5, 0.6) is 0 Å². The van der Waals surface area contributed by atoms with Crippen molar-refractivity contribution in [1.29, 1.82) is 0 Å². The minimum absolute atomic E-state index is 0.153. The summed E-state index contributed by atoms with van der Waals surface area (Å²) in [5.41, 5.74) is -2.21. The second-order valence-corrected chi connectivity index (χ2v) is 9.97. The number of hydrogen-bond acceptors (Lipinski definition) is 8. The first kappa shape index (κ1) is 28.5. The number of nitrogens with zero attached hydrogens (tertiary/aromatic N) is 9. The van der Waals surface area contributed by atoms with E-state index in [1.807, 2.05) is 4.90 Å². The van der Waals surface area contributed by atoms with Gasteiger partial charge in [0.25, 0.3) is 0 Å². The molecule has 10 nitrogen and oxygen atoms in total. The molecule has 4 aromatic rings. The van der Waals surface area contributed by atoms with Crippen LogP contribution in [0.1, 0.15) is 29.9 Å². The first-order chi connectivity index (χ1) is 19.5. The lowest BCUT2D eigenvalue weighted by Gasteiger charge is -2.36. The summed E-state index contributed by atoms with van der Waals surface area (Å²) in [5, 5.41) is 28.3. The first-order valence-electron chi connectivity index (χ1n) is 13.0. The third-order valence-corrected chi connectivity index (χ3v) is 7.34. The van der Waals surface area contributed by atoms with Gasteiger partial charge in [0.1, 0.15) is 35.9 Å². The number of piperazine rings is 1. The lowest BCUT2D eigenvalue weighted by molar-refractivity contribution is -0.137. The Morgan fingerprint density at radius 2 is 1.80 bits per heavy atom. The molecule has 1 saturated heterocycles. The highest BCUT2D eigenvalue weighted by Crippen LogP contribution is 2.36. The highest BCUT2D eigenvalue weighted by atomic mass is 19.4. The van der Waals surface area contributed by atoms with Crippen LogP contribution in [0.2, 0.25) is 0 Å². The fourth-order valence-corrected chi connectivity index (χ4v) is 4.92. The van der Waals surface area contributed by atoms with Crippen LogP contribution in [0.25, 0.3) is 0 Å². The molecule has 1 aliphatic heterocycles. The number of aliphatic hydroxyl groups is 1. The topological polar surface area (TPSA) is 101 Å². The summed E-state index contributed by atoms with van der Waals surface area (Å²) in [6, 6.07) is 7.33. The molecule has 15 heteroatoms. The number of hydrogen-bond donors (Lipinski definition) is 1. The molecule has 1 aliphatic rings. The maximum absolute atomic E-state index is 14.8. The zero-order chi connectivity index (χ0) is 29.2. The number of benzene rings is 2. The average molecular weight is 578 g/mol. The van der Waals surface area contributed by atoms with Gasteiger partial charge in [-0.15, -0.1) is 10.2 Å². The summed E-state index contributed by atoms with van der Waals surface area (Å²) in [4.78, 5) is 9.13. The molecule has 218 valence electrons. The molecule has 0 aliphatic carbocycles. The van der Waals surface area contributed by atoms with Crippen molar-refractivity contribution >= 4 is 5.69 Å². The van der Waals surface area contributed by atoms with Crippen molar-refractivity contribution in [3.63, 3.8) is 0 Å². The Morgan fingerprint density at radius 1 is 1.02 bits per heavy atom. The standard InChI is InChI=1S/C26H28F5N9O/c1-18(25(41,15-39-17-32-16-33-39)22-6-5-20(27)14-23(22)28)40-35-24(34-36-40)7-8-37-9-11-38(12-10-37)21-4-2-3-19(13-21)26(29,30)31/h2-6,13-14,16-18,41H,7-12,15H2,1H3. The molecule has 1 fully saturated rings. The molecule has 2 atom stereocenters. The normalized spacial score (nSPS) is 17.0. The van der Waals surface area contributed by atoms with Gasteiger partial charge in [-0.2, -0.15) is 23.1 Å². The highest BCUT2D eigenvalue weighted by Gasteiger charge is 2.42. The van der Waals surface area contributed by atoms with Crippen LogP contribution in [0.3, 0.4) is 0 Å². The summed E-state index contributed by atoms with van der Waals surface area (Å²) < 4.78 is 69.0. The molecule has 2 unspecified atom stereocenters. The van der Waals surface area contributed by atoms with Crippen molar-refractivity contribution in [2.75, 3.05) is 37.6 Å². The summed E-state index contributed by atoms with van der Waals surface area (Å²) in [6.07, 6.45) is -1.31. The largest absolute Gasteiger partial charge is 0.416 e. The third-order valence-electron chi connectivity index (χ3n) is 7.34. The number of tetrazole rings is 1. The minimum atomic E-state index is -4.39. The Labute approximate surface area is 232 Å². The van der Waals surface area contributed by atoms with E-state index in [1.165, 1.54) is 40.3 Å². The number of rotatable bonds is 9. The fraction of sp³-hybridized carbons (Fsp3) is 0.423. The summed E-state index contributed by atoms with van der Waals surface area (Å²) in [7, 11) is 0. The van der Waals surface area contributed by atoms with Crippen molar-refractivity contribution in [3.05, 3.63) is 83.7 Å². The van der Waals surface area contributed by atoms with Gasteiger partial charge in [-0.05, 0) is 36.4 Å². The van der Waals surface area contributed by atoms with E-state index in [4.69, 9.17) is 0 Å². The van der Waals surface area contributed by atoms with Gasteiger partial charge in [-0.1, -0.05) is 12.1 Å². The fourth-order valence-electron chi connectivity index (χ4n) is 4.92. The molecule has 5 rings (SSSR count). The number of halogens is 5. The van der Waals surface area contributed by atoms with Crippen LogP contribution in [0.15, 0.2) is 55.1 Å². The maximum Gasteiger partial charge on any atom is 0.416 e. The predicted molar refractivity (Wildman–Crippen MR) is 137 cm³/mol. The van der Waals surface area contributed by atoms with Crippen molar-refractivity contribution in [1.82, 2.24) is 39.9 Å². The predicted octanol–water partition coefficient (Wildman–Crippen LogP) is 3.08. The molecule has 2 aromatic carbocycles. The van der Waals surface area contributed by atoms with Gasteiger partial charge in [-0.25, -0.2) is 18.4 Å². The van der Waals surface area contributed by atoms with Crippen LogP contribution in [0, 0.1) is 11.6 Å². The zero-order valence-electron chi connectivity index (χ0n) is 22.1. The van der Waals surface area contributed by atoms with Crippen molar-refractivity contribution in [2.45, 2.75) is 37.7 Å². The lowest BCUT2D eigenvalue weighted by Crippen LogP contribution is -2.47. The summed E-state index contributed by atoms with van der Waals surface area (Å²) in [6.45, 7) is 4.40. The third kappa shape index (κ3) is 6.35. The molecule has 41 heavy (non-hydrogen) atoms. The van der Waals surface area contributed by atoms with E-state index in [2.05, 4.69) is 30.4 Å². The van der Waals surface area contributed by atoms with E-state index in [0.29, 0.717) is 56.7 Å². The van der Waals surface area contributed by atoms with Crippen LogP contribution < -0.4 is 4.90 Å². The van der Waals surface area contributed by atoms with Gasteiger partial charge in [0, 0.05) is 56.5 Å². The van der Waals surface area contributed by atoms with Gasteiger partial charge in [0.2, 0.25) is 0 Å². The van der Waals surface area contributed by atoms with E-state index >= 15 is 0 Å². The number of aromatic nitrogens is 7. The Hall–Kier alpha value is -3.98. The second kappa shape index (κ2) is 11.5. The van der Waals surface area contributed by atoms with Crippen LogP contribution in [-0.2, 0) is 24.7 Å². The van der Waals surface area contributed by atoms with Crippen molar-refractivity contribution in [2.24, 2.45) is 0 Å². The van der Waals surface area contributed by atoms with E-state index in [9.17, 15) is 27.1 Å². The molecular weight excluding hydrogens is 549 g/mol. The second-order valence-electron chi connectivity index (χ2n) is 9.97. The van der Waals surface area contributed by atoms with Crippen LogP contribution in [-0.4, -0.2) is 77.7 Å². The maximum atomic E-state index is 14.8. The summed E-state index contributed by atoms with van der Waals surface area (Å²) in [5.74, 6) is -1.30. The molecule has 1 N–H and O–H groups in total. The minimum Gasteiger partial charge on any atom is -0.381 e. The molecular formula is C26H28F5N9O. The quantitative estimate of drug-likeness (QED) is 0.303. The smallest absolute Gasteiger partial charge is 0.381 e. The van der Waals surface area contributed by atoms with Crippen molar-refractivity contribution in [3.8, 4) is 0 Å². The van der Waals surface area contributed by atoms with Gasteiger partial charge >= 0.3 is 6.18 Å². The Morgan fingerprint density at radius 3 is 2.49 bits per heavy atom. The Kier molecular flexibility index (Phi) is 8.00. The Bertz CT molecular complexity index is 1450. The summed E-state index contributed by atoms with van der Waals surface area (Å²) >= 11 is 0. The number of anilines is 1. The Balaban J connectivity index is 1.22. The van der Waals surface area contributed by atoms with Gasteiger partial charge in [0.15, 0.2) is 5.82 Å². The molecule has 3 heterocycles. The SMILES string of the molecule is CC(n1nnc(CCN2CCN(c3cccc(C(F)(F)F)c3)CC2)n1)C(O)(Cn1cncn1)c1ccc(F)cc1F. The monoisotopic (exact) mass is 577 g/mol. The van der Waals surface area contributed by atoms with E-state index in [-0.39, 0.29) is 12.1 Å². The molecule has 0 radical (unpaired) electrons. The van der Waals surface area contributed by atoms with Gasteiger partial charge in [0.05, 0.1) is 12.1 Å². The number of alkyl halides is 3. The van der Waals surface area contributed by atoms with E-state index in [1.54, 1.807) is 13.0 Å². The highest BCUT2D eigenvalue weighted by molar-refractivity contribution is 5.49. The average Bonchev–Trinajstić information content (AvgIpc) is 3.63. The first-order valence-corrected chi connectivity index (χ1v) is 13.0. The van der Waals surface area contributed by atoms with Gasteiger partial charge in [-0.3, -0.25) is 4.90 Å². The van der Waals surface area contributed by atoms with Gasteiger partial charge < -0.3 is 10.0 Å². The van der Waals surface area contributed by atoms with Crippen LogP contribution in [0.4, 0.5) is 27.6 Å². The molecule has 2 aromatic heterocycles. The van der Waals surface area contributed by atoms with Crippen LogP contribution >= 0.6 is 0 Å². The molecule has 0 saturated carbocycles.